The van der Waals surface area contributed by atoms with Gasteiger partial charge in [0.2, 0.25) is 0 Å². The van der Waals surface area contributed by atoms with Gasteiger partial charge in [-0.1, -0.05) is 159 Å². The lowest BCUT2D eigenvalue weighted by atomic mass is 10.0. The van der Waals surface area contributed by atoms with Crippen molar-refractivity contribution in [2.45, 2.75) is 51.7 Å². The molecule has 5 heteroatoms. The fraction of sp³-hybridized carbons (Fsp3) is 0.268. The Kier molecular flexibility index (Phi) is 23.6. The van der Waals surface area contributed by atoms with E-state index in [0.717, 1.165) is 30.4 Å². The van der Waals surface area contributed by atoms with E-state index in [1.807, 2.05) is 146 Å². The Morgan fingerprint density at radius 2 is 0.804 bits per heavy atom. The van der Waals surface area contributed by atoms with Crippen LogP contribution < -0.4 is 0 Å². The average Bonchev–Trinajstić information content (AvgIpc) is 3.13. The normalized spacial score (nSPS) is 10.9. The van der Waals surface area contributed by atoms with E-state index in [2.05, 4.69) is 12.1 Å². The molecule has 0 aliphatic rings. The third-order valence-corrected chi connectivity index (χ3v) is 6.66. The van der Waals surface area contributed by atoms with Crippen LogP contribution in [0.3, 0.4) is 0 Å². The van der Waals surface area contributed by atoms with Gasteiger partial charge in [0.05, 0.1) is 12.7 Å². The van der Waals surface area contributed by atoms with E-state index in [1.165, 1.54) is 16.7 Å². The summed E-state index contributed by atoms with van der Waals surface area (Å²) in [6, 6.07) is 49.3. The molecule has 5 nitrogen and oxygen atoms in total. The molecule has 5 N–H and O–H groups in total. The largest absolute Gasteiger partial charge is 0.396 e. The van der Waals surface area contributed by atoms with E-state index in [9.17, 15) is 0 Å². The minimum Gasteiger partial charge on any atom is -0.396 e. The summed E-state index contributed by atoms with van der Waals surface area (Å²) >= 11 is 0. The van der Waals surface area contributed by atoms with Crippen molar-refractivity contribution in [3.63, 3.8) is 0 Å². The van der Waals surface area contributed by atoms with Crippen molar-refractivity contribution < 1.29 is 25.5 Å². The number of rotatable bonds is 9. The predicted molar refractivity (Wildman–Crippen MR) is 190 cm³/mol. The number of benzene rings is 5. The van der Waals surface area contributed by atoms with E-state index >= 15 is 0 Å². The first-order valence-corrected chi connectivity index (χ1v) is 15.8. The van der Waals surface area contributed by atoms with Crippen LogP contribution in [0.4, 0.5) is 0 Å². The molecule has 2 atom stereocenters. The second-order valence-corrected chi connectivity index (χ2v) is 10.5. The standard InChI is InChI=1S/2C9H12O.2C8H10O.C7H8O/c1-8(7-10)9-5-3-2-4-6-9;10-8-4-7-9-5-2-1-3-6-9;1-7(9)8-5-3-2-4-6-8;9-7-6-8-4-2-1-3-5-8;8-6-7-4-2-1-3-5-7/h2-6,8,10H,7H2,1H3;1-3,5-6,10H,4,7-8H2;2-7,9H,1H3;1-5,9H,6-7H2;1-5,8H,6H2. The Morgan fingerprint density at radius 3 is 1.11 bits per heavy atom. The minimum atomic E-state index is -0.341. The Hall–Kier alpha value is -4.10. The predicted octanol–water partition coefficient (Wildman–Crippen LogP) is 7.53. The van der Waals surface area contributed by atoms with Crippen LogP contribution in [0.1, 0.15) is 60.1 Å². The maximum Gasteiger partial charge on any atom is 0.0761 e. The second kappa shape index (κ2) is 27.2. The molecule has 0 heterocycles. The molecule has 5 aromatic rings. The van der Waals surface area contributed by atoms with Gasteiger partial charge < -0.3 is 25.5 Å². The fourth-order valence-corrected chi connectivity index (χ4v) is 3.90. The van der Waals surface area contributed by atoms with Crippen molar-refractivity contribution in [1.82, 2.24) is 0 Å². The van der Waals surface area contributed by atoms with Crippen LogP contribution in [-0.2, 0) is 19.4 Å². The summed E-state index contributed by atoms with van der Waals surface area (Å²) in [6.45, 7) is 4.66. The van der Waals surface area contributed by atoms with Crippen molar-refractivity contribution >= 4 is 0 Å². The summed E-state index contributed by atoms with van der Waals surface area (Å²) in [5.41, 5.74) is 5.63. The van der Waals surface area contributed by atoms with Crippen LogP contribution in [0.15, 0.2) is 152 Å². The average molecular weight is 625 g/mol. The molecule has 0 aliphatic heterocycles. The number of hydrogen-bond acceptors (Lipinski definition) is 5. The van der Waals surface area contributed by atoms with Crippen LogP contribution in [0.25, 0.3) is 0 Å². The summed E-state index contributed by atoms with van der Waals surface area (Å²) in [4.78, 5) is 0. The van der Waals surface area contributed by atoms with Gasteiger partial charge in [-0.3, -0.25) is 0 Å². The molecule has 0 fully saturated rings. The highest BCUT2D eigenvalue weighted by atomic mass is 16.3. The van der Waals surface area contributed by atoms with Crippen LogP contribution in [-0.4, -0.2) is 45.4 Å². The molecule has 0 spiro atoms. The second-order valence-electron chi connectivity index (χ2n) is 10.5. The molecular weight excluding hydrogens is 572 g/mol. The molecule has 246 valence electrons. The van der Waals surface area contributed by atoms with Gasteiger partial charge in [-0.15, -0.1) is 0 Å². The van der Waals surface area contributed by atoms with Crippen molar-refractivity contribution in [2.24, 2.45) is 0 Å². The van der Waals surface area contributed by atoms with Gasteiger partial charge >= 0.3 is 0 Å². The molecule has 0 saturated heterocycles. The molecule has 5 aromatic carbocycles. The van der Waals surface area contributed by atoms with Gasteiger partial charge in [-0.25, -0.2) is 0 Å². The van der Waals surface area contributed by atoms with Gasteiger partial charge in [0.25, 0.3) is 0 Å². The number of aryl methyl sites for hydroxylation is 1. The highest BCUT2D eigenvalue weighted by Crippen LogP contribution is 2.12. The summed E-state index contributed by atoms with van der Waals surface area (Å²) in [6.07, 6.45) is 2.27. The maximum atomic E-state index is 9.02. The summed E-state index contributed by atoms with van der Waals surface area (Å²) in [5, 5.41) is 43.4. The zero-order valence-electron chi connectivity index (χ0n) is 27.3. The zero-order valence-corrected chi connectivity index (χ0v) is 27.3. The van der Waals surface area contributed by atoms with Crippen LogP contribution in [0.2, 0.25) is 0 Å². The third kappa shape index (κ3) is 20.0. The number of aliphatic hydroxyl groups excluding tert-OH is 5. The third-order valence-electron chi connectivity index (χ3n) is 6.66. The van der Waals surface area contributed by atoms with Crippen molar-refractivity contribution in [3.8, 4) is 0 Å². The molecular formula is C41H52O5. The lowest BCUT2D eigenvalue weighted by Gasteiger charge is -2.05. The van der Waals surface area contributed by atoms with E-state index in [4.69, 9.17) is 25.5 Å². The fourth-order valence-electron chi connectivity index (χ4n) is 3.90. The molecule has 46 heavy (non-hydrogen) atoms. The Labute approximate surface area is 276 Å². The van der Waals surface area contributed by atoms with E-state index in [0.29, 0.717) is 0 Å². The highest BCUT2D eigenvalue weighted by molar-refractivity contribution is 5.19. The van der Waals surface area contributed by atoms with Gasteiger partial charge in [0.15, 0.2) is 0 Å². The zero-order chi connectivity index (χ0) is 33.7. The van der Waals surface area contributed by atoms with E-state index in [-0.39, 0.29) is 38.4 Å². The van der Waals surface area contributed by atoms with Crippen LogP contribution >= 0.6 is 0 Å². The molecule has 5 rings (SSSR count). The minimum absolute atomic E-state index is 0.140. The highest BCUT2D eigenvalue weighted by Gasteiger charge is 2.00. The summed E-state index contributed by atoms with van der Waals surface area (Å²) in [7, 11) is 0. The first-order valence-electron chi connectivity index (χ1n) is 15.8. The molecule has 0 aliphatic carbocycles. The quantitative estimate of drug-likeness (QED) is 0.117. The van der Waals surface area contributed by atoms with Crippen molar-refractivity contribution in [2.75, 3.05) is 19.8 Å². The van der Waals surface area contributed by atoms with Gasteiger partial charge in [0.1, 0.15) is 0 Å². The Bertz CT molecular complexity index is 1320. The molecule has 0 radical (unpaired) electrons. The smallest absolute Gasteiger partial charge is 0.0761 e. The summed E-state index contributed by atoms with van der Waals surface area (Å²) < 4.78 is 0. The van der Waals surface area contributed by atoms with Crippen molar-refractivity contribution in [3.05, 3.63) is 179 Å². The Balaban J connectivity index is 0.000000288. The molecule has 0 bridgehead atoms. The monoisotopic (exact) mass is 624 g/mol. The molecule has 0 aromatic heterocycles. The molecule has 0 amide bonds. The van der Waals surface area contributed by atoms with Crippen LogP contribution in [0, 0.1) is 0 Å². The van der Waals surface area contributed by atoms with E-state index < -0.39 is 0 Å². The first-order chi connectivity index (χ1) is 22.4. The lowest BCUT2D eigenvalue weighted by molar-refractivity contribution is 0.199. The number of hydrogen-bond donors (Lipinski definition) is 5. The van der Waals surface area contributed by atoms with Crippen molar-refractivity contribution in [1.29, 1.82) is 0 Å². The number of aliphatic hydroxyl groups is 5. The topological polar surface area (TPSA) is 101 Å². The van der Waals surface area contributed by atoms with Gasteiger partial charge in [-0.2, -0.15) is 0 Å². The lowest BCUT2D eigenvalue weighted by Crippen LogP contribution is -1.97. The molecule has 2 unspecified atom stereocenters. The maximum absolute atomic E-state index is 9.02. The molecule has 0 saturated carbocycles. The van der Waals surface area contributed by atoms with Gasteiger partial charge in [-0.05, 0) is 54.0 Å². The first kappa shape index (κ1) is 39.9. The van der Waals surface area contributed by atoms with Crippen LogP contribution in [0.5, 0.6) is 0 Å². The Morgan fingerprint density at radius 1 is 0.435 bits per heavy atom. The van der Waals surface area contributed by atoms with E-state index in [1.54, 1.807) is 6.92 Å². The summed E-state index contributed by atoms with van der Waals surface area (Å²) in [5.74, 6) is 0.265. The SMILES string of the molecule is CC(CO)c1ccccc1.CC(O)c1ccccc1.OCCCc1ccccc1.OCCc1ccccc1.OCc1ccccc1. The van der Waals surface area contributed by atoms with Gasteiger partial charge in [0, 0.05) is 25.7 Å².